The van der Waals surface area contributed by atoms with E-state index >= 15 is 0 Å². The Labute approximate surface area is 203 Å². The van der Waals surface area contributed by atoms with Gasteiger partial charge in [0.1, 0.15) is 5.75 Å². The number of fused-ring (bicyclic) bond motifs is 1. The van der Waals surface area contributed by atoms with Crippen molar-refractivity contribution in [3.63, 3.8) is 0 Å². The molecule has 0 aromatic heterocycles. The molecule has 1 amide bonds. The Bertz CT molecular complexity index is 1260. The standard InChI is InChI=1S/C24H22Cl2N2O4S/c25-19-8-7-18(22(26)14-19)15-27-24(29)16-32-20-9-11-21(12-10-20)33(30,31)28-13-3-5-17-4-1-2-6-23(17)28/h1-2,4,6-12,14H,3,5,13,15-16H2,(H,27,29). The number of hydrogen-bond acceptors (Lipinski definition) is 4. The van der Waals surface area contributed by atoms with Gasteiger partial charge < -0.3 is 10.1 Å². The third-order valence-corrected chi connectivity index (χ3v) is 7.75. The maximum Gasteiger partial charge on any atom is 0.264 e. The minimum absolute atomic E-state index is 0.174. The monoisotopic (exact) mass is 504 g/mol. The van der Waals surface area contributed by atoms with Crippen LogP contribution in [0.5, 0.6) is 5.75 Å². The molecule has 0 spiro atoms. The van der Waals surface area contributed by atoms with Crippen LogP contribution in [0.25, 0.3) is 0 Å². The number of rotatable bonds is 7. The van der Waals surface area contributed by atoms with Crippen molar-refractivity contribution in [2.75, 3.05) is 17.5 Å². The number of nitrogens with zero attached hydrogens (tertiary/aromatic N) is 1. The van der Waals surface area contributed by atoms with Gasteiger partial charge in [-0.05, 0) is 66.4 Å². The van der Waals surface area contributed by atoms with E-state index in [1.807, 2.05) is 24.3 Å². The Hall–Kier alpha value is -2.74. The molecule has 0 atom stereocenters. The molecule has 172 valence electrons. The lowest BCUT2D eigenvalue weighted by molar-refractivity contribution is -0.123. The fourth-order valence-electron chi connectivity index (χ4n) is 3.64. The molecule has 4 rings (SSSR count). The highest BCUT2D eigenvalue weighted by molar-refractivity contribution is 7.92. The molecular formula is C24H22Cl2N2O4S. The number of nitrogens with one attached hydrogen (secondary N) is 1. The quantitative estimate of drug-likeness (QED) is 0.499. The number of para-hydroxylation sites is 1. The van der Waals surface area contributed by atoms with Gasteiger partial charge in [-0.2, -0.15) is 0 Å². The fraction of sp³-hybridized carbons (Fsp3) is 0.208. The van der Waals surface area contributed by atoms with E-state index in [1.54, 1.807) is 30.3 Å². The molecule has 9 heteroatoms. The first kappa shape index (κ1) is 23.4. The lowest BCUT2D eigenvalue weighted by Crippen LogP contribution is -2.35. The molecule has 0 unspecified atom stereocenters. The molecule has 0 saturated carbocycles. The first-order valence-electron chi connectivity index (χ1n) is 10.4. The molecule has 1 N–H and O–H groups in total. The van der Waals surface area contributed by atoms with Crippen molar-refractivity contribution in [2.45, 2.75) is 24.3 Å². The van der Waals surface area contributed by atoms with Gasteiger partial charge in [0.15, 0.2) is 6.61 Å². The Balaban J connectivity index is 1.36. The molecule has 3 aromatic rings. The van der Waals surface area contributed by atoms with Crippen LogP contribution in [-0.4, -0.2) is 27.5 Å². The lowest BCUT2D eigenvalue weighted by Gasteiger charge is -2.30. The van der Waals surface area contributed by atoms with Crippen LogP contribution in [0.2, 0.25) is 10.0 Å². The van der Waals surface area contributed by atoms with E-state index in [0.29, 0.717) is 22.3 Å². The summed E-state index contributed by atoms with van der Waals surface area (Å²) >= 11 is 12.0. The lowest BCUT2D eigenvalue weighted by atomic mass is 10.0. The van der Waals surface area contributed by atoms with E-state index in [9.17, 15) is 13.2 Å². The van der Waals surface area contributed by atoms with Gasteiger partial charge in [-0.3, -0.25) is 9.10 Å². The summed E-state index contributed by atoms with van der Waals surface area (Å²) in [4.78, 5) is 12.3. The van der Waals surface area contributed by atoms with Crippen LogP contribution in [-0.2, 0) is 27.8 Å². The normalized spacial score (nSPS) is 13.3. The average Bonchev–Trinajstić information content (AvgIpc) is 2.82. The summed E-state index contributed by atoms with van der Waals surface area (Å²) < 4.78 is 33.4. The van der Waals surface area contributed by atoms with E-state index in [0.717, 1.165) is 29.7 Å². The summed E-state index contributed by atoms with van der Waals surface area (Å²) in [5.41, 5.74) is 2.49. The molecule has 0 aliphatic carbocycles. The van der Waals surface area contributed by atoms with Crippen LogP contribution in [0.3, 0.4) is 0 Å². The van der Waals surface area contributed by atoms with Crippen LogP contribution in [0.4, 0.5) is 5.69 Å². The molecule has 0 bridgehead atoms. The molecular weight excluding hydrogens is 483 g/mol. The van der Waals surface area contributed by atoms with E-state index in [1.165, 1.54) is 16.4 Å². The predicted molar refractivity (Wildman–Crippen MR) is 130 cm³/mol. The highest BCUT2D eigenvalue weighted by atomic mass is 35.5. The Kier molecular flexibility index (Phi) is 7.12. The Morgan fingerprint density at radius 3 is 2.55 bits per heavy atom. The van der Waals surface area contributed by atoms with Gasteiger partial charge in [0.25, 0.3) is 15.9 Å². The zero-order valence-electron chi connectivity index (χ0n) is 17.6. The number of sulfonamides is 1. The van der Waals surface area contributed by atoms with Crippen molar-refractivity contribution in [3.05, 3.63) is 87.9 Å². The summed E-state index contributed by atoms with van der Waals surface area (Å²) in [6.07, 6.45) is 1.63. The zero-order valence-corrected chi connectivity index (χ0v) is 20.0. The van der Waals surface area contributed by atoms with Crippen LogP contribution in [0.1, 0.15) is 17.5 Å². The SMILES string of the molecule is O=C(COc1ccc(S(=O)(=O)N2CCCc3ccccc32)cc1)NCc1ccc(Cl)cc1Cl. The van der Waals surface area contributed by atoms with Gasteiger partial charge in [-0.1, -0.05) is 47.5 Å². The highest BCUT2D eigenvalue weighted by Gasteiger charge is 2.28. The summed E-state index contributed by atoms with van der Waals surface area (Å²) in [7, 11) is -3.69. The first-order valence-corrected chi connectivity index (χ1v) is 12.6. The Morgan fingerprint density at radius 1 is 1.03 bits per heavy atom. The number of benzene rings is 3. The van der Waals surface area contributed by atoms with E-state index in [4.69, 9.17) is 27.9 Å². The van der Waals surface area contributed by atoms with Crippen molar-refractivity contribution in [2.24, 2.45) is 0 Å². The smallest absolute Gasteiger partial charge is 0.264 e. The maximum absolute atomic E-state index is 13.2. The fourth-order valence-corrected chi connectivity index (χ4v) is 5.66. The van der Waals surface area contributed by atoms with E-state index in [2.05, 4.69) is 5.32 Å². The Morgan fingerprint density at radius 2 is 1.79 bits per heavy atom. The molecule has 3 aromatic carbocycles. The summed E-state index contributed by atoms with van der Waals surface area (Å²) in [5.74, 6) is 0.0651. The van der Waals surface area contributed by atoms with Crippen LogP contribution < -0.4 is 14.4 Å². The summed E-state index contributed by atoms with van der Waals surface area (Å²) in [6, 6.07) is 18.7. The van der Waals surface area contributed by atoms with Gasteiger partial charge in [0, 0.05) is 23.1 Å². The maximum atomic E-state index is 13.2. The van der Waals surface area contributed by atoms with Crippen molar-refractivity contribution in [1.82, 2.24) is 5.32 Å². The molecule has 1 aliphatic heterocycles. The minimum Gasteiger partial charge on any atom is -0.484 e. The van der Waals surface area contributed by atoms with E-state index in [-0.39, 0.29) is 24.0 Å². The van der Waals surface area contributed by atoms with E-state index < -0.39 is 10.0 Å². The number of amides is 1. The zero-order chi connectivity index (χ0) is 23.4. The number of halogens is 2. The van der Waals surface area contributed by atoms with Crippen LogP contribution >= 0.6 is 23.2 Å². The third kappa shape index (κ3) is 5.43. The molecule has 1 aliphatic rings. The number of aryl methyl sites for hydroxylation is 1. The molecule has 0 saturated heterocycles. The van der Waals surface area contributed by atoms with Crippen LogP contribution in [0.15, 0.2) is 71.6 Å². The van der Waals surface area contributed by atoms with Gasteiger partial charge in [0.05, 0.1) is 10.6 Å². The summed E-state index contributed by atoms with van der Waals surface area (Å²) in [6.45, 7) is 0.471. The molecule has 1 heterocycles. The second kappa shape index (κ2) is 10.0. The number of anilines is 1. The number of hydrogen-bond donors (Lipinski definition) is 1. The van der Waals surface area contributed by atoms with Crippen LogP contribution in [0, 0.1) is 0 Å². The third-order valence-electron chi connectivity index (χ3n) is 5.34. The molecule has 0 fully saturated rings. The van der Waals surface area contributed by atoms with Gasteiger partial charge in [-0.15, -0.1) is 0 Å². The minimum atomic E-state index is -3.69. The molecule has 33 heavy (non-hydrogen) atoms. The first-order chi connectivity index (χ1) is 15.8. The highest BCUT2D eigenvalue weighted by Crippen LogP contribution is 2.32. The van der Waals surface area contributed by atoms with Crippen molar-refractivity contribution in [1.29, 1.82) is 0 Å². The number of carbonyl (C=O) groups excluding carboxylic acids is 1. The summed E-state index contributed by atoms with van der Waals surface area (Å²) in [5, 5.41) is 3.71. The van der Waals surface area contributed by atoms with Gasteiger partial charge in [0.2, 0.25) is 0 Å². The number of ether oxygens (including phenoxy) is 1. The molecule has 6 nitrogen and oxygen atoms in total. The van der Waals surface area contributed by atoms with Crippen molar-refractivity contribution in [3.8, 4) is 5.75 Å². The van der Waals surface area contributed by atoms with Crippen molar-refractivity contribution >= 4 is 44.8 Å². The van der Waals surface area contributed by atoms with Gasteiger partial charge >= 0.3 is 0 Å². The topological polar surface area (TPSA) is 75.7 Å². The number of carbonyl (C=O) groups is 1. The second-order valence-corrected chi connectivity index (χ2v) is 10.3. The largest absolute Gasteiger partial charge is 0.484 e. The second-order valence-electron chi connectivity index (χ2n) is 7.58. The van der Waals surface area contributed by atoms with Crippen molar-refractivity contribution < 1.29 is 17.9 Å². The molecule has 0 radical (unpaired) electrons. The van der Waals surface area contributed by atoms with Gasteiger partial charge in [-0.25, -0.2) is 8.42 Å². The average molecular weight is 505 g/mol. The predicted octanol–water partition coefficient (Wildman–Crippen LogP) is 4.83.